The molecule has 6 aromatic carbocycles. The number of rotatable bonds is 6. The van der Waals surface area contributed by atoms with Gasteiger partial charge in [-0.25, -0.2) is 4.98 Å². The quantitative estimate of drug-likeness (QED) is 0.124. The Kier molecular flexibility index (Phi) is 6.84. The molecule has 0 unspecified atom stereocenters. The van der Waals surface area contributed by atoms with E-state index < -0.39 is 25.0 Å². The van der Waals surface area contributed by atoms with Crippen molar-refractivity contribution in [1.82, 2.24) is 18.5 Å². The zero-order valence-corrected chi connectivity index (χ0v) is 36.5. The summed E-state index contributed by atoms with van der Waals surface area (Å²) in [7, 11) is 0. The second-order valence-electron chi connectivity index (χ2n) is 19.9. The third-order valence-electron chi connectivity index (χ3n) is 12.7. The van der Waals surface area contributed by atoms with Gasteiger partial charge in [0.2, 0.25) is 0 Å². The predicted molar refractivity (Wildman–Crippen MR) is 256 cm³/mol. The predicted octanol–water partition coefficient (Wildman–Crippen LogP) is 15.2. The van der Waals surface area contributed by atoms with E-state index in [1.54, 1.807) is 18.3 Å². The van der Waals surface area contributed by atoms with Crippen LogP contribution in [0.5, 0.6) is 11.5 Å². The van der Waals surface area contributed by atoms with Crippen molar-refractivity contribution in [1.29, 1.82) is 0 Å². The molecule has 2 bridgehead atoms. The highest BCUT2D eigenvalue weighted by molar-refractivity contribution is 6.16. The Hall–Kier alpha value is -6.01. The molecule has 0 radical (unpaired) electrons. The summed E-state index contributed by atoms with van der Waals surface area (Å²) >= 11 is 0. The molecule has 61 heavy (non-hydrogen) atoms. The van der Waals surface area contributed by atoms with E-state index >= 15 is 0 Å². The first-order chi connectivity index (χ1) is 32.2. The highest BCUT2D eigenvalue weighted by Crippen LogP contribution is 2.66. The minimum absolute atomic E-state index is 0.0657. The number of aryl methyl sites for hydroxylation is 1. The third-order valence-corrected chi connectivity index (χ3v) is 12.7. The van der Waals surface area contributed by atoms with E-state index in [9.17, 15) is 0 Å². The molecule has 0 spiro atoms. The van der Waals surface area contributed by atoms with E-state index in [1.807, 2.05) is 72.8 Å². The number of hydrogen-bond acceptors (Lipinski definition) is 2. The van der Waals surface area contributed by atoms with Gasteiger partial charge >= 0.3 is 0 Å². The summed E-state index contributed by atoms with van der Waals surface area (Å²) in [5.74, 6) is 1.55. The summed E-state index contributed by atoms with van der Waals surface area (Å²) < 4.78 is 80.0. The van der Waals surface area contributed by atoms with E-state index in [0.29, 0.717) is 46.0 Å². The molecular formula is C56H57N4O+. The van der Waals surface area contributed by atoms with E-state index in [4.69, 9.17) is 20.7 Å². The molecule has 8 aromatic rings. The van der Waals surface area contributed by atoms with Gasteiger partial charge in [-0.3, -0.25) is 13.5 Å². The summed E-state index contributed by atoms with van der Waals surface area (Å²) in [4.78, 5) is 4.88. The molecule has 306 valence electrons. The Morgan fingerprint density at radius 3 is 2.07 bits per heavy atom. The monoisotopic (exact) mass is 810 g/mol. The van der Waals surface area contributed by atoms with Crippen molar-refractivity contribution in [2.75, 3.05) is 6.67 Å². The maximum absolute atomic E-state index is 9.17. The lowest BCUT2D eigenvalue weighted by atomic mass is 9.80. The number of para-hydroxylation sites is 2. The first kappa shape index (κ1) is 30.9. The van der Waals surface area contributed by atoms with Gasteiger partial charge in [0.05, 0.1) is 24.6 Å². The number of benzene rings is 6. The van der Waals surface area contributed by atoms with Gasteiger partial charge in [0.1, 0.15) is 28.7 Å². The molecule has 5 nitrogen and oxygen atoms in total. The molecule has 1 saturated heterocycles. The highest BCUT2D eigenvalue weighted by atomic mass is 16.5. The lowest BCUT2D eigenvalue weighted by Crippen LogP contribution is -2.67. The van der Waals surface area contributed by atoms with Crippen LogP contribution in [0, 0.1) is 13.5 Å². The normalized spacial score (nSPS) is 20.7. The molecule has 1 fully saturated rings. The fourth-order valence-corrected chi connectivity index (χ4v) is 9.37. The van der Waals surface area contributed by atoms with Crippen LogP contribution in [-0.4, -0.2) is 16.2 Å². The van der Waals surface area contributed by atoms with Gasteiger partial charge in [-0.2, -0.15) is 0 Å². The minimum Gasteiger partial charge on any atom is -0.457 e. The summed E-state index contributed by atoms with van der Waals surface area (Å²) in [6.45, 7) is 20.1. The smallest absolute Gasteiger partial charge is 0.186 e. The Bertz CT molecular complexity index is 3380. The lowest BCUT2D eigenvalue weighted by molar-refractivity contribution is 0.186. The molecule has 5 heterocycles. The summed E-state index contributed by atoms with van der Waals surface area (Å²) in [6, 6.07) is 34.0. The maximum Gasteiger partial charge on any atom is 0.186 e. The Morgan fingerprint density at radius 2 is 1.36 bits per heavy atom. The Balaban J connectivity index is 1.16. The van der Waals surface area contributed by atoms with Crippen molar-refractivity contribution >= 4 is 44.6 Å². The molecule has 3 aliphatic rings. The molecule has 0 amide bonds. The van der Waals surface area contributed by atoms with Gasteiger partial charge < -0.3 is 4.74 Å². The standard InChI is InChI=1S/C56H57N4O/c1-37-18-16-25-50-53(37)60(43-29-40(55(5,6)7)28-41(30-43)56(8,9)10)35-59(50,36-60)42-21-17-22-44(32-42)61-45-33-47(38-19-12-11-13-20-38)52-46-23-14-15-24-48(46)58(49(52)34-45)51-31-39(26-27-57-51)54(2,3)4/h11-35H,36H2,1-10H3/q+1/t59-,60+/m1/s1/i1D3,11D,12D,13D,19D,20D. The summed E-state index contributed by atoms with van der Waals surface area (Å²) in [5, 5.41) is 1.52. The maximum atomic E-state index is 9.17. The third kappa shape index (κ3) is 6.23. The molecule has 11 rings (SSSR count). The van der Waals surface area contributed by atoms with Crippen LogP contribution in [0.1, 0.15) is 95.5 Å². The van der Waals surface area contributed by atoms with Crippen LogP contribution in [0.3, 0.4) is 0 Å². The first-order valence-electron chi connectivity index (χ1n) is 25.1. The van der Waals surface area contributed by atoms with E-state index in [1.165, 1.54) is 11.1 Å². The average Bonchev–Trinajstić information content (AvgIpc) is 3.88. The van der Waals surface area contributed by atoms with Crippen molar-refractivity contribution in [3.05, 3.63) is 175 Å². The first-order valence-corrected chi connectivity index (χ1v) is 21.1. The van der Waals surface area contributed by atoms with Gasteiger partial charge in [0, 0.05) is 57.0 Å². The average molecular weight is 810 g/mol. The molecule has 3 aliphatic heterocycles. The zero-order valence-electron chi connectivity index (χ0n) is 44.5. The fourth-order valence-electron chi connectivity index (χ4n) is 9.37. The number of hydrogen-bond donors (Lipinski definition) is 0. The fraction of sp³-hybridized carbons (Fsp3) is 0.250. The molecule has 2 atom stereocenters. The van der Waals surface area contributed by atoms with Crippen LogP contribution < -0.4 is 13.7 Å². The zero-order chi connectivity index (χ0) is 49.5. The number of ether oxygens (including phenoxy) is 1. The number of nitrogens with zero attached hydrogens (tertiary/aromatic N) is 4. The number of aromatic nitrogens is 2. The topological polar surface area (TPSA) is 27.1 Å². The Morgan fingerprint density at radius 1 is 0.656 bits per heavy atom. The van der Waals surface area contributed by atoms with Crippen molar-refractivity contribution in [2.24, 2.45) is 0 Å². The second-order valence-corrected chi connectivity index (χ2v) is 19.9. The lowest BCUT2D eigenvalue weighted by Gasteiger charge is -2.56. The van der Waals surface area contributed by atoms with Gasteiger partial charge in [-0.15, -0.1) is 0 Å². The molecule has 2 aromatic heterocycles. The van der Waals surface area contributed by atoms with Gasteiger partial charge in [-0.05, 0) is 87.3 Å². The largest absolute Gasteiger partial charge is 0.457 e. The van der Waals surface area contributed by atoms with Gasteiger partial charge in [0.15, 0.2) is 18.0 Å². The Labute approximate surface area is 372 Å². The molecule has 5 heteroatoms. The highest BCUT2D eigenvalue weighted by Gasteiger charge is 2.63. The van der Waals surface area contributed by atoms with Crippen molar-refractivity contribution in [3.63, 3.8) is 0 Å². The van der Waals surface area contributed by atoms with Crippen LogP contribution in [0.25, 0.3) is 38.8 Å². The molecule has 0 saturated carbocycles. The van der Waals surface area contributed by atoms with Crippen LogP contribution in [0.15, 0.2) is 146 Å². The minimum atomic E-state index is -2.37. The van der Waals surface area contributed by atoms with Crippen molar-refractivity contribution < 1.29 is 15.7 Å². The molecular weight excluding hydrogens is 745 g/mol. The van der Waals surface area contributed by atoms with E-state index in [2.05, 4.69) is 97.8 Å². The number of quaternary nitrogens is 2. The van der Waals surface area contributed by atoms with Crippen molar-refractivity contribution in [3.8, 4) is 28.4 Å². The van der Waals surface area contributed by atoms with E-state index in [-0.39, 0.29) is 42.9 Å². The van der Waals surface area contributed by atoms with Crippen LogP contribution in [-0.2, 0) is 16.2 Å². The number of fused-ring (bicyclic) bond motifs is 3. The number of pyridine rings is 1. The van der Waals surface area contributed by atoms with E-state index in [0.717, 1.165) is 39.2 Å². The summed E-state index contributed by atoms with van der Waals surface area (Å²) in [5.41, 5.74) is 8.84. The molecule has 0 N–H and O–H groups in total. The summed E-state index contributed by atoms with van der Waals surface area (Å²) in [6.07, 6.45) is 1.80. The van der Waals surface area contributed by atoms with Crippen LogP contribution >= 0.6 is 0 Å². The van der Waals surface area contributed by atoms with Crippen LogP contribution in [0.4, 0.5) is 22.7 Å². The van der Waals surface area contributed by atoms with Gasteiger partial charge in [-0.1, -0.05) is 135 Å². The molecule has 0 aliphatic carbocycles. The van der Waals surface area contributed by atoms with Crippen molar-refractivity contribution in [2.45, 2.75) is 85.4 Å². The SMILES string of the molecule is [2H]c1c([2H])c([2H])c(-c2cc(Oc3cccc([N@@+]45[CH-][N@@+](c6cc(C(C)(C)C)cc(C(C)(C)C)c6)(C4)c4c(C([2H])([2H])[2H])cccc45)c3)cc3c2c2ccccc2n3-c2cc(C(C)(C)C)ccn2)c([2H])c1[2H]. The van der Waals surface area contributed by atoms with Crippen LogP contribution in [0.2, 0.25) is 0 Å². The second kappa shape index (κ2) is 13.5. The van der Waals surface area contributed by atoms with Gasteiger partial charge in [0.25, 0.3) is 0 Å².